The first-order chi connectivity index (χ1) is 7.65. The Hall–Kier alpha value is -1.22. The third kappa shape index (κ3) is 3.74. The minimum Gasteiger partial charge on any atom is -0.493 e. The van der Waals surface area contributed by atoms with E-state index in [0.717, 1.165) is 19.3 Å². The van der Waals surface area contributed by atoms with E-state index in [4.69, 9.17) is 21.4 Å². The van der Waals surface area contributed by atoms with Crippen LogP contribution in [0.5, 0.6) is 5.75 Å². The van der Waals surface area contributed by atoms with Crippen molar-refractivity contribution in [3.8, 4) is 5.75 Å². The molecule has 0 aromatic heterocycles. The van der Waals surface area contributed by atoms with Gasteiger partial charge in [-0.15, -0.1) is 0 Å². The van der Waals surface area contributed by atoms with Crippen LogP contribution in [0.3, 0.4) is 0 Å². The number of hydrogen-bond acceptors (Lipinski definition) is 2. The molecule has 0 aliphatic rings. The maximum absolute atomic E-state index is 10.9. The molecular weight excluding hydrogens is 228 g/mol. The van der Waals surface area contributed by atoms with Crippen LogP contribution in [-0.2, 0) is 0 Å². The van der Waals surface area contributed by atoms with Crippen LogP contribution in [0.4, 0.5) is 0 Å². The Labute approximate surface area is 100.0 Å². The van der Waals surface area contributed by atoms with Gasteiger partial charge in [-0.25, -0.2) is 4.79 Å². The molecule has 0 aliphatic carbocycles. The molecule has 0 spiro atoms. The standard InChI is InChI=1S/C12H15ClO3/c1-2-3-4-7-16-11-6-5-9(13)8-10(11)12(14)15/h5-6,8H,2-4,7H2,1H3,(H,14,15). The van der Waals surface area contributed by atoms with Crippen LogP contribution in [-0.4, -0.2) is 17.7 Å². The quantitative estimate of drug-likeness (QED) is 0.776. The number of rotatable bonds is 6. The zero-order valence-corrected chi connectivity index (χ0v) is 9.96. The fraction of sp³-hybridized carbons (Fsp3) is 0.417. The summed E-state index contributed by atoms with van der Waals surface area (Å²) in [5, 5.41) is 9.36. The summed E-state index contributed by atoms with van der Waals surface area (Å²) in [6, 6.07) is 4.62. The van der Waals surface area contributed by atoms with Crippen LogP contribution in [0, 0.1) is 0 Å². The molecule has 0 atom stereocenters. The van der Waals surface area contributed by atoms with Crippen LogP contribution in [0.15, 0.2) is 18.2 Å². The molecule has 0 saturated heterocycles. The van der Waals surface area contributed by atoms with Gasteiger partial charge in [-0.3, -0.25) is 0 Å². The van der Waals surface area contributed by atoms with E-state index in [1.165, 1.54) is 6.07 Å². The van der Waals surface area contributed by atoms with Crippen molar-refractivity contribution in [1.29, 1.82) is 0 Å². The second-order valence-electron chi connectivity index (χ2n) is 3.50. The van der Waals surface area contributed by atoms with Crippen LogP contribution in [0.2, 0.25) is 5.02 Å². The number of carbonyl (C=O) groups is 1. The highest BCUT2D eigenvalue weighted by Gasteiger charge is 2.11. The summed E-state index contributed by atoms with van der Waals surface area (Å²) in [5.74, 6) is -0.638. The molecule has 0 radical (unpaired) electrons. The largest absolute Gasteiger partial charge is 0.493 e. The molecule has 0 bridgehead atoms. The van der Waals surface area contributed by atoms with Gasteiger partial charge in [0.05, 0.1) is 6.61 Å². The summed E-state index contributed by atoms with van der Waals surface area (Å²) in [5.41, 5.74) is 0.115. The zero-order chi connectivity index (χ0) is 12.0. The molecule has 3 nitrogen and oxygen atoms in total. The average molecular weight is 243 g/mol. The van der Waals surface area contributed by atoms with E-state index in [9.17, 15) is 4.79 Å². The Balaban J connectivity index is 2.67. The number of halogens is 1. The van der Waals surface area contributed by atoms with Crippen molar-refractivity contribution in [2.45, 2.75) is 26.2 Å². The molecular formula is C12H15ClO3. The van der Waals surface area contributed by atoms with E-state index in [-0.39, 0.29) is 5.56 Å². The summed E-state index contributed by atoms with van der Waals surface area (Å²) >= 11 is 5.73. The topological polar surface area (TPSA) is 46.5 Å². The molecule has 16 heavy (non-hydrogen) atoms. The lowest BCUT2D eigenvalue weighted by molar-refractivity contribution is 0.0692. The number of carboxylic acid groups (broad SMARTS) is 1. The lowest BCUT2D eigenvalue weighted by Crippen LogP contribution is -2.04. The molecule has 0 saturated carbocycles. The van der Waals surface area contributed by atoms with Crippen LogP contribution < -0.4 is 4.74 Å². The molecule has 1 N–H and O–H groups in total. The van der Waals surface area contributed by atoms with Gasteiger partial charge < -0.3 is 9.84 Å². The monoisotopic (exact) mass is 242 g/mol. The lowest BCUT2D eigenvalue weighted by atomic mass is 10.2. The number of benzene rings is 1. The zero-order valence-electron chi connectivity index (χ0n) is 9.20. The van der Waals surface area contributed by atoms with Crippen molar-refractivity contribution in [2.24, 2.45) is 0 Å². The molecule has 0 unspecified atom stereocenters. The third-order valence-corrected chi connectivity index (χ3v) is 2.41. The summed E-state index contributed by atoms with van der Waals surface area (Å²) in [6.45, 7) is 2.64. The number of ether oxygens (including phenoxy) is 1. The predicted octanol–water partition coefficient (Wildman–Crippen LogP) is 3.61. The Bertz CT molecular complexity index is 363. The molecule has 0 aliphatic heterocycles. The Morgan fingerprint density at radius 1 is 1.44 bits per heavy atom. The van der Waals surface area contributed by atoms with E-state index in [0.29, 0.717) is 17.4 Å². The fourth-order valence-electron chi connectivity index (χ4n) is 1.33. The highest BCUT2D eigenvalue weighted by Crippen LogP contribution is 2.23. The number of carboxylic acids is 1. The SMILES string of the molecule is CCCCCOc1ccc(Cl)cc1C(=O)O. The third-order valence-electron chi connectivity index (χ3n) is 2.18. The van der Waals surface area contributed by atoms with Crippen LogP contribution >= 0.6 is 11.6 Å². The van der Waals surface area contributed by atoms with Gasteiger partial charge in [-0.1, -0.05) is 31.4 Å². The first-order valence-corrected chi connectivity index (χ1v) is 5.68. The van der Waals surface area contributed by atoms with Gasteiger partial charge in [0.15, 0.2) is 0 Å². The second kappa shape index (κ2) is 6.38. The van der Waals surface area contributed by atoms with Gasteiger partial charge in [-0.05, 0) is 24.6 Å². The van der Waals surface area contributed by atoms with E-state index >= 15 is 0 Å². The summed E-state index contributed by atoms with van der Waals surface area (Å²) in [7, 11) is 0. The van der Waals surface area contributed by atoms with Gasteiger partial charge >= 0.3 is 5.97 Å². The van der Waals surface area contributed by atoms with Crippen molar-refractivity contribution < 1.29 is 14.6 Å². The number of aromatic carboxylic acids is 1. The highest BCUT2D eigenvalue weighted by molar-refractivity contribution is 6.31. The number of hydrogen-bond donors (Lipinski definition) is 1. The van der Waals surface area contributed by atoms with Gasteiger partial charge in [0.2, 0.25) is 0 Å². The van der Waals surface area contributed by atoms with Gasteiger partial charge in [-0.2, -0.15) is 0 Å². The van der Waals surface area contributed by atoms with Gasteiger partial charge in [0, 0.05) is 5.02 Å². The molecule has 1 aromatic carbocycles. The maximum atomic E-state index is 10.9. The van der Waals surface area contributed by atoms with Gasteiger partial charge in [0.25, 0.3) is 0 Å². The molecule has 88 valence electrons. The van der Waals surface area contributed by atoms with Crippen molar-refractivity contribution in [3.63, 3.8) is 0 Å². The first kappa shape index (κ1) is 12.8. The fourth-order valence-corrected chi connectivity index (χ4v) is 1.50. The smallest absolute Gasteiger partial charge is 0.339 e. The molecule has 0 fully saturated rings. The summed E-state index contributed by atoms with van der Waals surface area (Å²) in [6.07, 6.45) is 3.12. The second-order valence-corrected chi connectivity index (χ2v) is 3.94. The van der Waals surface area contributed by atoms with E-state index < -0.39 is 5.97 Å². The first-order valence-electron chi connectivity index (χ1n) is 5.30. The Morgan fingerprint density at radius 2 is 2.19 bits per heavy atom. The maximum Gasteiger partial charge on any atom is 0.339 e. The Kier molecular flexibility index (Phi) is 5.12. The van der Waals surface area contributed by atoms with Crippen molar-refractivity contribution in [2.75, 3.05) is 6.61 Å². The minimum atomic E-state index is -1.02. The van der Waals surface area contributed by atoms with E-state index in [2.05, 4.69) is 6.92 Å². The van der Waals surface area contributed by atoms with Crippen molar-refractivity contribution >= 4 is 17.6 Å². The minimum absolute atomic E-state index is 0.115. The highest BCUT2D eigenvalue weighted by atomic mass is 35.5. The van der Waals surface area contributed by atoms with E-state index in [1.807, 2.05) is 0 Å². The lowest BCUT2D eigenvalue weighted by Gasteiger charge is -2.08. The average Bonchev–Trinajstić information content (AvgIpc) is 2.26. The van der Waals surface area contributed by atoms with Gasteiger partial charge in [0.1, 0.15) is 11.3 Å². The molecule has 1 rings (SSSR count). The molecule has 1 aromatic rings. The van der Waals surface area contributed by atoms with Crippen LogP contribution in [0.25, 0.3) is 0 Å². The van der Waals surface area contributed by atoms with E-state index in [1.54, 1.807) is 12.1 Å². The predicted molar refractivity (Wildman–Crippen MR) is 63.4 cm³/mol. The summed E-state index contributed by atoms with van der Waals surface area (Å²) in [4.78, 5) is 10.9. The summed E-state index contributed by atoms with van der Waals surface area (Å²) < 4.78 is 5.42. The van der Waals surface area contributed by atoms with Crippen molar-refractivity contribution in [3.05, 3.63) is 28.8 Å². The molecule has 0 amide bonds. The molecule has 0 heterocycles. The number of unbranched alkanes of at least 4 members (excludes halogenated alkanes) is 2. The molecule has 4 heteroatoms. The Morgan fingerprint density at radius 3 is 2.81 bits per heavy atom. The van der Waals surface area contributed by atoms with Crippen molar-refractivity contribution in [1.82, 2.24) is 0 Å². The van der Waals surface area contributed by atoms with Crippen LogP contribution in [0.1, 0.15) is 36.5 Å². The normalized spacial score (nSPS) is 10.1.